The van der Waals surface area contributed by atoms with Crippen molar-refractivity contribution in [1.82, 2.24) is 4.90 Å². The van der Waals surface area contributed by atoms with Crippen LogP contribution in [0, 0.1) is 11.3 Å². The molecule has 0 saturated heterocycles. The van der Waals surface area contributed by atoms with E-state index in [2.05, 4.69) is 6.07 Å². The van der Waals surface area contributed by atoms with E-state index in [1.807, 2.05) is 66.7 Å². The fourth-order valence-electron chi connectivity index (χ4n) is 2.96. The molecule has 1 amide bonds. The van der Waals surface area contributed by atoms with Crippen LogP contribution in [0.15, 0.2) is 78.9 Å². The normalized spacial score (nSPS) is 11.3. The van der Waals surface area contributed by atoms with Crippen molar-refractivity contribution in [3.05, 3.63) is 90.0 Å². The van der Waals surface area contributed by atoms with Crippen LogP contribution < -0.4 is 4.74 Å². The molecule has 0 fully saturated rings. The maximum Gasteiger partial charge on any atom is 0.263 e. The highest BCUT2D eigenvalue weighted by atomic mass is 16.5. The number of nitriles is 1. The number of rotatable bonds is 6. The summed E-state index contributed by atoms with van der Waals surface area (Å²) < 4.78 is 5.83. The Morgan fingerprint density at radius 3 is 2.11 bits per heavy atom. The third-order valence-corrected chi connectivity index (χ3v) is 4.50. The topological polar surface area (TPSA) is 53.3 Å². The SMILES string of the molecule is C[C@@H](Oc1ccc(-c2ccc(C#N)cc2)cc1)C(=O)N(C)Cc1ccccc1. The highest BCUT2D eigenvalue weighted by Gasteiger charge is 2.19. The second-order valence-corrected chi connectivity index (χ2v) is 6.65. The average Bonchev–Trinajstić information content (AvgIpc) is 2.74. The summed E-state index contributed by atoms with van der Waals surface area (Å²) in [7, 11) is 1.78. The van der Waals surface area contributed by atoms with Gasteiger partial charge in [-0.2, -0.15) is 5.26 Å². The molecular weight excluding hydrogens is 348 g/mol. The minimum Gasteiger partial charge on any atom is -0.481 e. The molecule has 4 nitrogen and oxygen atoms in total. The minimum atomic E-state index is -0.575. The summed E-state index contributed by atoms with van der Waals surface area (Å²) in [4.78, 5) is 14.2. The summed E-state index contributed by atoms with van der Waals surface area (Å²) >= 11 is 0. The molecule has 0 aromatic heterocycles. The summed E-state index contributed by atoms with van der Waals surface area (Å²) in [5.41, 5.74) is 3.77. The van der Waals surface area contributed by atoms with Gasteiger partial charge in [0.1, 0.15) is 5.75 Å². The van der Waals surface area contributed by atoms with Gasteiger partial charge >= 0.3 is 0 Å². The van der Waals surface area contributed by atoms with Gasteiger partial charge in [0.2, 0.25) is 0 Å². The van der Waals surface area contributed by atoms with Crippen LogP contribution in [0.2, 0.25) is 0 Å². The first-order chi connectivity index (χ1) is 13.6. The lowest BCUT2D eigenvalue weighted by molar-refractivity contribution is -0.137. The summed E-state index contributed by atoms with van der Waals surface area (Å²) in [6.07, 6.45) is -0.575. The van der Waals surface area contributed by atoms with Crippen LogP contribution in [0.3, 0.4) is 0 Å². The van der Waals surface area contributed by atoms with Crippen molar-refractivity contribution >= 4 is 5.91 Å². The quantitative estimate of drug-likeness (QED) is 0.634. The summed E-state index contributed by atoms with van der Waals surface area (Å²) in [5.74, 6) is 0.575. The Labute approximate surface area is 165 Å². The number of amides is 1. The highest BCUT2D eigenvalue weighted by Crippen LogP contribution is 2.23. The predicted molar refractivity (Wildman–Crippen MR) is 110 cm³/mol. The molecule has 0 heterocycles. The van der Waals surface area contributed by atoms with E-state index in [9.17, 15) is 4.79 Å². The Morgan fingerprint density at radius 2 is 1.54 bits per heavy atom. The zero-order chi connectivity index (χ0) is 19.9. The van der Waals surface area contributed by atoms with Gasteiger partial charge in [-0.1, -0.05) is 54.6 Å². The van der Waals surface area contributed by atoms with E-state index in [1.165, 1.54) is 0 Å². The molecule has 0 aliphatic heterocycles. The van der Waals surface area contributed by atoms with E-state index in [4.69, 9.17) is 10.00 Å². The van der Waals surface area contributed by atoms with Crippen molar-refractivity contribution in [3.8, 4) is 22.9 Å². The molecule has 1 atom stereocenters. The zero-order valence-electron chi connectivity index (χ0n) is 16.0. The Bertz CT molecular complexity index is 958. The maximum atomic E-state index is 12.6. The lowest BCUT2D eigenvalue weighted by Crippen LogP contribution is -2.37. The molecule has 0 spiro atoms. The molecule has 28 heavy (non-hydrogen) atoms. The summed E-state index contributed by atoms with van der Waals surface area (Å²) in [6.45, 7) is 2.31. The van der Waals surface area contributed by atoms with Crippen molar-refractivity contribution in [2.24, 2.45) is 0 Å². The van der Waals surface area contributed by atoms with Crippen LogP contribution in [-0.4, -0.2) is 24.0 Å². The van der Waals surface area contributed by atoms with Crippen molar-refractivity contribution < 1.29 is 9.53 Å². The largest absolute Gasteiger partial charge is 0.481 e. The highest BCUT2D eigenvalue weighted by molar-refractivity contribution is 5.80. The first-order valence-electron chi connectivity index (χ1n) is 9.13. The molecule has 0 saturated carbocycles. The minimum absolute atomic E-state index is 0.0694. The van der Waals surface area contributed by atoms with E-state index in [0.29, 0.717) is 17.9 Å². The summed E-state index contributed by atoms with van der Waals surface area (Å²) in [6, 6.07) is 27.0. The third kappa shape index (κ3) is 4.77. The van der Waals surface area contributed by atoms with Gasteiger partial charge in [-0.05, 0) is 47.9 Å². The first kappa shape index (κ1) is 19.2. The fraction of sp³-hybridized carbons (Fsp3) is 0.167. The van der Waals surface area contributed by atoms with Crippen molar-refractivity contribution in [2.75, 3.05) is 7.05 Å². The molecule has 0 N–H and O–H groups in total. The predicted octanol–water partition coefficient (Wildman–Crippen LogP) is 4.65. The van der Waals surface area contributed by atoms with Crippen LogP contribution in [0.1, 0.15) is 18.1 Å². The second-order valence-electron chi connectivity index (χ2n) is 6.65. The number of likely N-dealkylation sites (N-methyl/N-ethyl adjacent to an activating group) is 1. The zero-order valence-corrected chi connectivity index (χ0v) is 16.0. The Kier molecular flexibility index (Phi) is 6.08. The Morgan fingerprint density at radius 1 is 0.964 bits per heavy atom. The maximum absolute atomic E-state index is 12.6. The fourth-order valence-corrected chi connectivity index (χ4v) is 2.96. The molecule has 3 rings (SSSR count). The van der Waals surface area contributed by atoms with Gasteiger partial charge in [-0.25, -0.2) is 0 Å². The van der Waals surface area contributed by atoms with Gasteiger partial charge in [0.05, 0.1) is 11.6 Å². The van der Waals surface area contributed by atoms with E-state index >= 15 is 0 Å². The van der Waals surface area contributed by atoms with Crippen molar-refractivity contribution in [3.63, 3.8) is 0 Å². The molecular formula is C24H22N2O2. The van der Waals surface area contributed by atoms with E-state index in [1.54, 1.807) is 31.0 Å². The lowest BCUT2D eigenvalue weighted by atomic mass is 10.0. The molecule has 0 unspecified atom stereocenters. The van der Waals surface area contributed by atoms with Gasteiger partial charge in [-0.3, -0.25) is 4.79 Å². The van der Waals surface area contributed by atoms with Crippen LogP contribution in [0.25, 0.3) is 11.1 Å². The number of carbonyl (C=O) groups is 1. The van der Waals surface area contributed by atoms with Crippen LogP contribution in [0.5, 0.6) is 5.75 Å². The average molecular weight is 370 g/mol. The van der Waals surface area contributed by atoms with Gasteiger partial charge in [0, 0.05) is 13.6 Å². The van der Waals surface area contributed by atoms with E-state index in [0.717, 1.165) is 16.7 Å². The van der Waals surface area contributed by atoms with Crippen LogP contribution in [0.4, 0.5) is 0 Å². The van der Waals surface area contributed by atoms with Crippen LogP contribution in [-0.2, 0) is 11.3 Å². The van der Waals surface area contributed by atoms with Gasteiger partial charge in [0.25, 0.3) is 5.91 Å². The molecule has 0 bridgehead atoms. The van der Waals surface area contributed by atoms with Crippen molar-refractivity contribution in [1.29, 1.82) is 5.26 Å². The van der Waals surface area contributed by atoms with E-state index < -0.39 is 6.10 Å². The van der Waals surface area contributed by atoms with Crippen molar-refractivity contribution in [2.45, 2.75) is 19.6 Å². The molecule has 3 aromatic carbocycles. The number of carbonyl (C=O) groups excluding carboxylic acids is 1. The molecule has 3 aromatic rings. The van der Waals surface area contributed by atoms with Crippen LogP contribution >= 0.6 is 0 Å². The Hall–Kier alpha value is -3.58. The lowest BCUT2D eigenvalue weighted by Gasteiger charge is -2.22. The third-order valence-electron chi connectivity index (χ3n) is 4.50. The molecule has 0 radical (unpaired) electrons. The van der Waals surface area contributed by atoms with Gasteiger partial charge < -0.3 is 9.64 Å². The Balaban J connectivity index is 1.61. The monoisotopic (exact) mass is 370 g/mol. The first-order valence-corrected chi connectivity index (χ1v) is 9.13. The number of hydrogen-bond donors (Lipinski definition) is 0. The van der Waals surface area contributed by atoms with E-state index in [-0.39, 0.29) is 5.91 Å². The second kappa shape index (κ2) is 8.88. The number of benzene rings is 3. The molecule has 0 aliphatic rings. The van der Waals surface area contributed by atoms with Gasteiger partial charge in [-0.15, -0.1) is 0 Å². The number of hydrogen-bond acceptors (Lipinski definition) is 3. The standard InChI is InChI=1S/C24H22N2O2/c1-18(24(27)26(2)17-20-6-4-3-5-7-20)28-23-14-12-22(13-15-23)21-10-8-19(16-25)9-11-21/h3-15,18H,17H2,1-2H3/t18-/m1/s1. The smallest absolute Gasteiger partial charge is 0.263 e. The number of nitrogens with zero attached hydrogens (tertiary/aromatic N) is 2. The number of ether oxygens (including phenoxy) is 1. The molecule has 4 heteroatoms. The summed E-state index contributed by atoms with van der Waals surface area (Å²) in [5, 5.41) is 8.89. The molecule has 140 valence electrons. The molecule has 0 aliphatic carbocycles. The van der Waals surface area contributed by atoms with Gasteiger partial charge in [0.15, 0.2) is 6.10 Å².